The normalized spacial score (nSPS) is 14.4. The van der Waals surface area contributed by atoms with Crippen molar-refractivity contribution >= 4 is 25.7 Å². The summed E-state index contributed by atoms with van der Waals surface area (Å²) in [5.41, 5.74) is 5.33. The largest absolute Gasteiger partial charge is 0.480 e. The lowest BCUT2D eigenvalue weighted by atomic mass is 10.1. The summed E-state index contributed by atoms with van der Waals surface area (Å²) in [6, 6.07) is -1.53. The maximum Gasteiger partial charge on any atom is 0.472 e. The van der Waals surface area contributed by atoms with E-state index in [0.29, 0.717) is 12.8 Å². The van der Waals surface area contributed by atoms with E-state index in [-0.39, 0.29) is 19.4 Å². The Morgan fingerprint density at radius 2 is 1.00 bits per heavy atom. The number of nitrogens with two attached hydrogens (primary N) is 1. The van der Waals surface area contributed by atoms with Gasteiger partial charge in [-0.3, -0.25) is 23.4 Å². The fourth-order valence-corrected chi connectivity index (χ4v) is 6.18. The first-order valence-corrected chi connectivity index (χ1v) is 22.8. The number of carbonyl (C=O) groups excluding carboxylic acids is 2. The molecule has 3 unspecified atom stereocenters. The molecule has 0 aromatic rings. The molecular formula is C44H76NO10P. The first-order valence-electron chi connectivity index (χ1n) is 21.3. The number of hydrogen-bond donors (Lipinski definition) is 3. The van der Waals surface area contributed by atoms with Crippen molar-refractivity contribution in [3.63, 3.8) is 0 Å². The minimum absolute atomic E-state index is 0.129. The van der Waals surface area contributed by atoms with Gasteiger partial charge in [0.25, 0.3) is 0 Å². The molecule has 0 fully saturated rings. The monoisotopic (exact) mass is 810 g/mol. The molecule has 3 atom stereocenters. The van der Waals surface area contributed by atoms with Crippen molar-refractivity contribution < 1.29 is 47.5 Å². The number of unbranched alkanes of at least 4 members (excludes halogenated alkanes) is 15. The number of phosphoric ester groups is 1. The second kappa shape index (κ2) is 39.0. The van der Waals surface area contributed by atoms with Crippen molar-refractivity contribution in [2.45, 2.75) is 180 Å². The van der Waals surface area contributed by atoms with E-state index in [1.165, 1.54) is 38.5 Å². The van der Waals surface area contributed by atoms with E-state index in [4.69, 9.17) is 24.8 Å². The van der Waals surface area contributed by atoms with E-state index >= 15 is 0 Å². The van der Waals surface area contributed by atoms with E-state index in [0.717, 1.165) is 89.9 Å². The lowest BCUT2D eigenvalue weighted by Gasteiger charge is -2.20. The van der Waals surface area contributed by atoms with Gasteiger partial charge < -0.3 is 25.2 Å². The number of aliphatic carboxylic acids is 1. The number of hydrogen-bond acceptors (Lipinski definition) is 9. The van der Waals surface area contributed by atoms with E-state index in [9.17, 15) is 23.8 Å². The van der Waals surface area contributed by atoms with Crippen molar-refractivity contribution in [2.75, 3.05) is 19.8 Å². The average Bonchev–Trinajstić information content (AvgIpc) is 3.17. The lowest BCUT2D eigenvalue weighted by Crippen LogP contribution is -2.34. The Morgan fingerprint density at radius 3 is 1.52 bits per heavy atom. The van der Waals surface area contributed by atoms with E-state index < -0.39 is 51.1 Å². The Morgan fingerprint density at radius 1 is 0.571 bits per heavy atom. The highest BCUT2D eigenvalue weighted by atomic mass is 31.2. The molecule has 12 heteroatoms. The quantitative estimate of drug-likeness (QED) is 0.0233. The minimum atomic E-state index is -4.73. The van der Waals surface area contributed by atoms with Gasteiger partial charge in [-0.25, -0.2) is 4.57 Å². The molecule has 0 saturated carbocycles. The zero-order valence-corrected chi connectivity index (χ0v) is 35.6. The summed E-state index contributed by atoms with van der Waals surface area (Å²) >= 11 is 0. The lowest BCUT2D eigenvalue weighted by molar-refractivity contribution is -0.161. The van der Waals surface area contributed by atoms with Crippen LogP contribution in [0.2, 0.25) is 0 Å². The molecular weight excluding hydrogens is 733 g/mol. The SMILES string of the molecule is CCC=CCC=CCC=CCC=CCCCCCCC(=O)OC(COC(=O)CCCCCCCC=CCCCCCCCC)COP(=O)(O)OCC(N)C(=O)O. The molecule has 0 aliphatic rings. The Labute approximate surface area is 338 Å². The third kappa shape index (κ3) is 38.1. The summed E-state index contributed by atoms with van der Waals surface area (Å²) in [7, 11) is -4.73. The van der Waals surface area contributed by atoms with Crippen LogP contribution >= 0.6 is 7.82 Å². The third-order valence-corrected chi connectivity index (χ3v) is 9.70. The second-order valence-electron chi connectivity index (χ2n) is 14.1. The van der Waals surface area contributed by atoms with E-state index in [2.05, 4.69) is 79.1 Å². The maximum absolute atomic E-state index is 12.6. The summed E-state index contributed by atoms with van der Waals surface area (Å²) in [6.07, 6.45) is 44.2. The van der Waals surface area contributed by atoms with Gasteiger partial charge in [-0.1, -0.05) is 139 Å². The van der Waals surface area contributed by atoms with Gasteiger partial charge in [0.2, 0.25) is 0 Å². The Balaban J connectivity index is 4.45. The Kier molecular flexibility index (Phi) is 37.1. The molecule has 0 aliphatic heterocycles. The number of phosphoric acid groups is 1. The van der Waals surface area contributed by atoms with Crippen LogP contribution in [0, 0.1) is 0 Å². The van der Waals surface area contributed by atoms with E-state index in [1.807, 2.05) is 0 Å². The van der Waals surface area contributed by atoms with Gasteiger partial charge in [-0.2, -0.15) is 0 Å². The number of ether oxygens (including phenoxy) is 2. The van der Waals surface area contributed by atoms with E-state index in [1.54, 1.807) is 0 Å². The molecule has 0 aromatic heterocycles. The van der Waals surface area contributed by atoms with Crippen LogP contribution in [0.15, 0.2) is 60.8 Å². The molecule has 0 aliphatic carbocycles. The molecule has 0 aromatic carbocycles. The summed E-state index contributed by atoms with van der Waals surface area (Å²) < 4.78 is 32.6. The standard InChI is InChI=1S/C44H76NO10P/c1-3-5-7-9-11-13-15-17-19-20-22-24-26-28-30-32-34-36-43(47)55-40(38-53-56(50,51)54-39-41(45)44(48)49)37-52-42(46)35-33-31-29-27-25-23-21-18-16-14-12-10-8-6-4-2/h5,7,11,13,17-19,21-22,24,40-41H,3-4,6,8-10,12,14-16,20,23,25-39,45H2,1-2H3,(H,48,49)(H,50,51). The van der Waals surface area contributed by atoms with Gasteiger partial charge in [0.05, 0.1) is 13.2 Å². The molecule has 4 N–H and O–H groups in total. The first kappa shape index (κ1) is 53.2. The van der Waals surface area contributed by atoms with Crippen molar-refractivity contribution in [1.29, 1.82) is 0 Å². The van der Waals surface area contributed by atoms with Crippen LogP contribution in [0.5, 0.6) is 0 Å². The van der Waals surface area contributed by atoms with Crippen molar-refractivity contribution in [1.82, 2.24) is 0 Å². The molecule has 0 saturated heterocycles. The zero-order chi connectivity index (χ0) is 41.4. The fourth-order valence-electron chi connectivity index (χ4n) is 5.40. The van der Waals surface area contributed by atoms with Crippen molar-refractivity contribution in [3.8, 4) is 0 Å². The van der Waals surface area contributed by atoms with Gasteiger partial charge in [0.15, 0.2) is 6.10 Å². The van der Waals surface area contributed by atoms with Crippen molar-refractivity contribution in [2.24, 2.45) is 5.73 Å². The second-order valence-corrected chi connectivity index (χ2v) is 15.5. The third-order valence-electron chi connectivity index (χ3n) is 8.75. The van der Waals surface area contributed by atoms with Crippen molar-refractivity contribution in [3.05, 3.63) is 60.8 Å². The predicted octanol–water partition coefficient (Wildman–Crippen LogP) is 11.2. The fraction of sp³-hybridized carbons (Fsp3) is 0.705. The topological polar surface area (TPSA) is 172 Å². The van der Waals surface area contributed by atoms with Crippen LogP contribution in [0.3, 0.4) is 0 Å². The Hall–Kier alpha value is -2.82. The molecule has 0 bridgehead atoms. The molecule has 56 heavy (non-hydrogen) atoms. The molecule has 0 spiro atoms. The van der Waals surface area contributed by atoms with Gasteiger partial charge in [-0.15, -0.1) is 0 Å². The average molecular weight is 810 g/mol. The van der Waals surface area contributed by atoms with Crippen LogP contribution in [-0.2, 0) is 37.5 Å². The number of rotatable bonds is 39. The smallest absolute Gasteiger partial charge is 0.472 e. The molecule has 0 rings (SSSR count). The predicted molar refractivity (Wildman–Crippen MR) is 226 cm³/mol. The maximum atomic E-state index is 12.6. The van der Waals surface area contributed by atoms with Crippen LogP contribution in [0.4, 0.5) is 0 Å². The number of carbonyl (C=O) groups is 3. The molecule has 0 amide bonds. The minimum Gasteiger partial charge on any atom is -0.480 e. The molecule has 0 radical (unpaired) electrons. The summed E-state index contributed by atoms with van der Waals surface area (Å²) in [5.74, 6) is -2.43. The van der Waals surface area contributed by atoms with Gasteiger partial charge in [0.1, 0.15) is 12.6 Å². The van der Waals surface area contributed by atoms with Crippen LogP contribution in [0.25, 0.3) is 0 Å². The number of allylic oxidation sites excluding steroid dienone is 10. The van der Waals surface area contributed by atoms with Gasteiger partial charge >= 0.3 is 25.7 Å². The van der Waals surface area contributed by atoms with Gasteiger partial charge in [0, 0.05) is 12.8 Å². The van der Waals surface area contributed by atoms with Crippen LogP contribution in [-0.4, -0.2) is 59.9 Å². The molecule has 11 nitrogen and oxygen atoms in total. The highest BCUT2D eigenvalue weighted by Gasteiger charge is 2.28. The summed E-state index contributed by atoms with van der Waals surface area (Å²) in [6.45, 7) is 2.64. The highest BCUT2D eigenvalue weighted by molar-refractivity contribution is 7.47. The molecule has 322 valence electrons. The Bertz CT molecular complexity index is 1180. The number of esters is 2. The van der Waals surface area contributed by atoms with Gasteiger partial charge in [-0.05, 0) is 77.0 Å². The number of carboxylic acids is 1. The highest BCUT2D eigenvalue weighted by Crippen LogP contribution is 2.43. The first-order chi connectivity index (χ1) is 27.1. The summed E-state index contributed by atoms with van der Waals surface area (Å²) in [4.78, 5) is 45.9. The van der Waals surface area contributed by atoms with Crippen LogP contribution in [0.1, 0.15) is 168 Å². The van der Waals surface area contributed by atoms with Crippen LogP contribution < -0.4 is 5.73 Å². The zero-order valence-electron chi connectivity index (χ0n) is 34.7. The molecule has 0 heterocycles. The number of carboxylic acid groups (broad SMARTS) is 1. The summed E-state index contributed by atoms with van der Waals surface area (Å²) in [5, 5.41) is 8.88.